The summed E-state index contributed by atoms with van der Waals surface area (Å²) in [5, 5.41) is 14.4. The number of carbonyl (C=O) groups excluding carboxylic acids is 4. The minimum atomic E-state index is -1.35. The number of carbonyl (C=O) groups is 4. The van der Waals surface area contributed by atoms with E-state index in [4.69, 9.17) is 9.47 Å². The Morgan fingerprint density at radius 2 is 1.35 bits per heavy atom. The van der Waals surface area contributed by atoms with Crippen LogP contribution in [0.2, 0.25) is 0 Å². The maximum absolute atomic E-state index is 12.7. The average molecular weight is 505 g/mol. The van der Waals surface area contributed by atoms with Crippen molar-refractivity contribution >= 4 is 23.8 Å². The summed E-state index contributed by atoms with van der Waals surface area (Å²) in [6, 6.07) is 22.0. The minimum Gasteiger partial charge on any atom is -0.467 e. The summed E-state index contributed by atoms with van der Waals surface area (Å²) in [6.45, 7) is -0.726. The first-order valence-corrected chi connectivity index (χ1v) is 11.6. The molecule has 0 bridgehead atoms. The van der Waals surface area contributed by atoms with Crippen molar-refractivity contribution in [3.05, 3.63) is 107 Å². The molecule has 37 heavy (non-hydrogen) atoms. The molecule has 0 spiro atoms. The number of methoxy groups -OCH3 is 1. The summed E-state index contributed by atoms with van der Waals surface area (Å²) < 4.78 is 9.89. The van der Waals surface area contributed by atoms with Crippen molar-refractivity contribution in [3.8, 4) is 0 Å². The lowest BCUT2D eigenvalue weighted by Gasteiger charge is -2.21. The molecule has 0 aliphatic heterocycles. The summed E-state index contributed by atoms with van der Waals surface area (Å²) in [7, 11) is 1.19. The number of hydrogen-bond acceptors (Lipinski definition) is 7. The number of aliphatic hydroxyl groups is 1. The van der Waals surface area contributed by atoms with Gasteiger partial charge in [0.05, 0.1) is 13.7 Å². The normalized spacial score (nSPS) is 12.1. The van der Waals surface area contributed by atoms with Crippen molar-refractivity contribution in [1.82, 2.24) is 10.6 Å². The molecule has 3 rings (SSSR count). The molecule has 0 fully saturated rings. The molecule has 2 amide bonds. The lowest BCUT2D eigenvalue weighted by atomic mass is 9.99. The SMILES string of the molecule is COC(=O)[C@@H](Cc1ccc(C(=O)c2ccccc2)cc1)NC(=O)[C@H](CO)NC(=O)OCc1ccccc1. The van der Waals surface area contributed by atoms with Crippen molar-refractivity contribution < 1.29 is 33.8 Å². The number of nitrogens with one attached hydrogen (secondary N) is 2. The zero-order valence-electron chi connectivity index (χ0n) is 20.3. The van der Waals surface area contributed by atoms with E-state index in [1.165, 1.54) is 7.11 Å². The van der Waals surface area contributed by atoms with Gasteiger partial charge in [0.15, 0.2) is 5.78 Å². The highest BCUT2D eigenvalue weighted by atomic mass is 16.5. The fraction of sp³-hybridized carbons (Fsp3) is 0.214. The van der Waals surface area contributed by atoms with E-state index in [-0.39, 0.29) is 18.8 Å². The predicted molar refractivity (Wildman–Crippen MR) is 135 cm³/mol. The van der Waals surface area contributed by atoms with E-state index < -0.39 is 36.7 Å². The Morgan fingerprint density at radius 1 is 0.757 bits per heavy atom. The second-order valence-corrected chi connectivity index (χ2v) is 8.12. The highest BCUT2D eigenvalue weighted by Crippen LogP contribution is 2.13. The van der Waals surface area contributed by atoms with E-state index in [1.54, 1.807) is 72.8 Å². The van der Waals surface area contributed by atoms with Gasteiger partial charge in [0.25, 0.3) is 0 Å². The van der Waals surface area contributed by atoms with Crippen LogP contribution in [0.15, 0.2) is 84.9 Å². The molecule has 0 heterocycles. The van der Waals surface area contributed by atoms with Crippen molar-refractivity contribution in [2.24, 2.45) is 0 Å². The Bertz CT molecular complexity index is 1200. The smallest absolute Gasteiger partial charge is 0.408 e. The highest BCUT2D eigenvalue weighted by Gasteiger charge is 2.27. The van der Waals surface area contributed by atoms with Crippen LogP contribution in [0.25, 0.3) is 0 Å². The van der Waals surface area contributed by atoms with Gasteiger partial charge in [-0.05, 0) is 11.1 Å². The van der Waals surface area contributed by atoms with Crippen LogP contribution >= 0.6 is 0 Å². The van der Waals surface area contributed by atoms with Crippen LogP contribution in [0.4, 0.5) is 4.79 Å². The van der Waals surface area contributed by atoms with E-state index in [9.17, 15) is 24.3 Å². The highest BCUT2D eigenvalue weighted by molar-refractivity contribution is 6.08. The van der Waals surface area contributed by atoms with Crippen molar-refractivity contribution in [2.75, 3.05) is 13.7 Å². The number of alkyl carbamates (subject to hydrolysis) is 1. The molecule has 192 valence electrons. The van der Waals surface area contributed by atoms with Gasteiger partial charge in [-0.15, -0.1) is 0 Å². The number of hydrogen-bond donors (Lipinski definition) is 3. The third-order valence-electron chi connectivity index (χ3n) is 5.50. The quantitative estimate of drug-likeness (QED) is 0.270. The Balaban J connectivity index is 1.60. The summed E-state index contributed by atoms with van der Waals surface area (Å²) >= 11 is 0. The van der Waals surface area contributed by atoms with Gasteiger partial charge in [-0.3, -0.25) is 9.59 Å². The van der Waals surface area contributed by atoms with Crippen LogP contribution in [-0.4, -0.2) is 54.7 Å². The fourth-order valence-electron chi connectivity index (χ4n) is 3.49. The minimum absolute atomic E-state index is 0.0139. The first kappa shape index (κ1) is 27.1. The zero-order valence-corrected chi connectivity index (χ0v) is 20.3. The largest absolute Gasteiger partial charge is 0.467 e. The number of aliphatic hydroxyl groups excluding tert-OH is 1. The Kier molecular flexibility index (Phi) is 9.92. The van der Waals surface area contributed by atoms with Gasteiger partial charge in [-0.2, -0.15) is 0 Å². The molecule has 9 heteroatoms. The number of rotatable bonds is 11. The number of benzene rings is 3. The molecule has 0 aromatic heterocycles. The van der Waals surface area contributed by atoms with Gasteiger partial charge in [0, 0.05) is 17.5 Å². The molecule has 3 aromatic rings. The molecule has 0 saturated carbocycles. The molecule has 3 aromatic carbocycles. The Labute approximate surface area is 214 Å². The third kappa shape index (κ3) is 8.01. The van der Waals surface area contributed by atoms with E-state index in [0.717, 1.165) is 5.56 Å². The van der Waals surface area contributed by atoms with Crippen LogP contribution in [0, 0.1) is 0 Å². The van der Waals surface area contributed by atoms with E-state index in [0.29, 0.717) is 16.7 Å². The lowest BCUT2D eigenvalue weighted by molar-refractivity contribution is -0.145. The average Bonchev–Trinajstić information content (AvgIpc) is 2.95. The predicted octanol–water partition coefficient (Wildman–Crippen LogP) is 2.41. The maximum atomic E-state index is 12.7. The molecule has 0 aliphatic carbocycles. The molecule has 0 unspecified atom stereocenters. The van der Waals surface area contributed by atoms with E-state index >= 15 is 0 Å². The van der Waals surface area contributed by atoms with Gasteiger partial charge in [0.2, 0.25) is 5.91 Å². The van der Waals surface area contributed by atoms with Gasteiger partial charge in [0.1, 0.15) is 18.7 Å². The maximum Gasteiger partial charge on any atom is 0.408 e. The first-order valence-electron chi connectivity index (χ1n) is 11.6. The summed E-state index contributed by atoms with van der Waals surface area (Å²) in [5.74, 6) is -1.63. The van der Waals surface area contributed by atoms with Crippen molar-refractivity contribution in [2.45, 2.75) is 25.1 Å². The van der Waals surface area contributed by atoms with Crippen LogP contribution in [-0.2, 0) is 32.1 Å². The molecule has 0 saturated heterocycles. The van der Waals surface area contributed by atoms with Gasteiger partial charge < -0.3 is 25.2 Å². The van der Waals surface area contributed by atoms with Gasteiger partial charge in [-0.1, -0.05) is 84.9 Å². The number of ketones is 1. The monoisotopic (exact) mass is 504 g/mol. The van der Waals surface area contributed by atoms with Crippen LogP contribution in [0.5, 0.6) is 0 Å². The first-order chi connectivity index (χ1) is 17.9. The number of esters is 1. The van der Waals surface area contributed by atoms with Crippen molar-refractivity contribution in [3.63, 3.8) is 0 Å². The van der Waals surface area contributed by atoms with E-state index in [2.05, 4.69) is 10.6 Å². The molecular weight excluding hydrogens is 476 g/mol. The van der Waals surface area contributed by atoms with Gasteiger partial charge in [-0.25, -0.2) is 9.59 Å². The van der Waals surface area contributed by atoms with Gasteiger partial charge >= 0.3 is 12.1 Å². The fourth-order valence-corrected chi connectivity index (χ4v) is 3.49. The van der Waals surface area contributed by atoms with Crippen LogP contribution in [0.3, 0.4) is 0 Å². The molecular formula is C28H28N2O7. The van der Waals surface area contributed by atoms with Crippen molar-refractivity contribution in [1.29, 1.82) is 0 Å². The Morgan fingerprint density at radius 3 is 1.95 bits per heavy atom. The molecule has 3 N–H and O–H groups in total. The zero-order chi connectivity index (χ0) is 26.6. The number of ether oxygens (including phenoxy) is 2. The topological polar surface area (TPSA) is 131 Å². The third-order valence-corrected chi connectivity index (χ3v) is 5.50. The molecule has 2 atom stereocenters. The van der Waals surface area contributed by atoms with Crippen LogP contribution < -0.4 is 10.6 Å². The molecule has 9 nitrogen and oxygen atoms in total. The molecule has 0 aliphatic rings. The second kappa shape index (κ2) is 13.6. The van der Waals surface area contributed by atoms with Crippen LogP contribution in [0.1, 0.15) is 27.0 Å². The van der Waals surface area contributed by atoms with E-state index in [1.807, 2.05) is 12.1 Å². The lowest BCUT2D eigenvalue weighted by Crippen LogP contribution is -2.54. The summed E-state index contributed by atoms with van der Waals surface area (Å²) in [5.41, 5.74) is 2.45. The number of amides is 2. The molecule has 0 radical (unpaired) electrons. The Hall–Kier alpha value is -4.50. The summed E-state index contributed by atoms with van der Waals surface area (Å²) in [4.78, 5) is 49.8. The standard InChI is InChI=1S/C28H28N2O7/c1-36-27(34)23(16-19-12-14-22(15-13-19)25(32)21-10-6-3-7-11-21)29-26(33)24(17-31)30-28(35)37-18-20-8-4-2-5-9-20/h2-15,23-24,31H,16-18H2,1H3,(H,29,33)(H,30,35)/t23-,24+/m1/s1. The second-order valence-electron chi connectivity index (χ2n) is 8.12. The summed E-state index contributed by atoms with van der Waals surface area (Å²) in [6.07, 6.45) is -0.833.